The Morgan fingerprint density at radius 3 is 2.56 bits per heavy atom. The predicted octanol–water partition coefficient (Wildman–Crippen LogP) is -1.28. The van der Waals surface area contributed by atoms with Crippen LogP contribution in [0, 0.1) is 0 Å². The number of aliphatic hydroxyl groups is 1. The first-order valence-electron chi connectivity index (χ1n) is 4.57. The summed E-state index contributed by atoms with van der Waals surface area (Å²) in [6.45, 7) is -1.10. The highest BCUT2D eigenvalue weighted by Crippen LogP contribution is 2.19. The Bertz CT molecular complexity index is 547. The van der Waals surface area contributed by atoms with Crippen molar-refractivity contribution in [2.24, 2.45) is 0 Å². The van der Waals surface area contributed by atoms with Crippen molar-refractivity contribution in [3.8, 4) is 0 Å². The number of nitrogens with one attached hydrogen (secondary N) is 3. The minimum atomic E-state index is -4.87. The molecule has 18 heavy (non-hydrogen) atoms. The van der Waals surface area contributed by atoms with Gasteiger partial charge in [-0.3, -0.25) is 14.6 Å². The lowest BCUT2D eigenvalue weighted by atomic mass is 10.3. The van der Waals surface area contributed by atoms with E-state index in [2.05, 4.69) is 0 Å². The monoisotopic (exact) mass is 267 g/mol. The molecule has 4 N–H and O–H groups in total. The van der Waals surface area contributed by atoms with Crippen LogP contribution in [0.25, 0.3) is 0 Å². The molecule has 1 heterocycles. The summed E-state index contributed by atoms with van der Waals surface area (Å²) in [7, 11) is 0. The molecule has 0 bridgehead atoms. The van der Waals surface area contributed by atoms with Gasteiger partial charge in [0.05, 0.1) is 6.54 Å². The molecule has 10 heteroatoms. The average Bonchev–Trinajstić information content (AvgIpc) is 2.24. The molecule has 0 saturated carbocycles. The van der Waals surface area contributed by atoms with Gasteiger partial charge in [-0.1, -0.05) is 0 Å². The van der Waals surface area contributed by atoms with Crippen molar-refractivity contribution in [3.63, 3.8) is 0 Å². The van der Waals surface area contributed by atoms with Crippen LogP contribution in [0.15, 0.2) is 15.8 Å². The Morgan fingerprint density at radius 1 is 1.44 bits per heavy atom. The topological polar surface area (TPSA) is 115 Å². The first-order chi connectivity index (χ1) is 8.21. The fourth-order valence-electron chi connectivity index (χ4n) is 0.979. The fourth-order valence-corrected chi connectivity index (χ4v) is 0.979. The second-order valence-electron chi connectivity index (χ2n) is 3.25. The molecule has 1 atom stereocenters. The zero-order valence-electron chi connectivity index (χ0n) is 8.67. The van der Waals surface area contributed by atoms with Crippen LogP contribution in [0.2, 0.25) is 0 Å². The van der Waals surface area contributed by atoms with Crippen molar-refractivity contribution < 1.29 is 23.1 Å². The number of aromatic amines is 2. The SMILES string of the molecule is O=C(NCC(O)C(F)(F)F)c1c[nH]c(=O)[nH]c1=O. The van der Waals surface area contributed by atoms with Crippen LogP contribution in [0.1, 0.15) is 10.4 Å². The molecule has 7 nitrogen and oxygen atoms in total. The number of H-pyrrole nitrogens is 2. The summed E-state index contributed by atoms with van der Waals surface area (Å²) in [5.74, 6) is -1.14. The number of alkyl halides is 3. The maximum atomic E-state index is 11.9. The zero-order chi connectivity index (χ0) is 13.9. The summed E-state index contributed by atoms with van der Waals surface area (Å²) in [6, 6.07) is 0. The Morgan fingerprint density at radius 2 is 2.06 bits per heavy atom. The zero-order valence-corrected chi connectivity index (χ0v) is 8.67. The van der Waals surface area contributed by atoms with E-state index in [4.69, 9.17) is 5.11 Å². The maximum absolute atomic E-state index is 11.9. The van der Waals surface area contributed by atoms with Gasteiger partial charge in [-0.25, -0.2) is 4.79 Å². The van der Waals surface area contributed by atoms with Gasteiger partial charge < -0.3 is 15.4 Å². The van der Waals surface area contributed by atoms with Gasteiger partial charge in [0.25, 0.3) is 11.5 Å². The van der Waals surface area contributed by atoms with Crippen molar-refractivity contribution in [3.05, 3.63) is 32.6 Å². The van der Waals surface area contributed by atoms with Crippen LogP contribution >= 0.6 is 0 Å². The van der Waals surface area contributed by atoms with E-state index in [1.807, 2.05) is 4.98 Å². The molecular weight excluding hydrogens is 259 g/mol. The van der Waals surface area contributed by atoms with Crippen LogP contribution in [0.3, 0.4) is 0 Å². The third kappa shape index (κ3) is 3.45. The summed E-state index contributed by atoms with van der Waals surface area (Å²) in [5.41, 5.74) is -2.46. The Kier molecular flexibility index (Phi) is 3.91. The standard InChI is InChI=1S/C8H8F3N3O4/c9-8(10,11)4(15)2-12-5(16)3-1-13-7(18)14-6(3)17/h1,4,15H,2H2,(H,12,16)(H2,13,14,17,18). The molecule has 0 spiro atoms. The number of aliphatic hydroxyl groups excluding tert-OH is 1. The Labute approximate surface area is 96.7 Å². The molecular formula is C8H8F3N3O4. The minimum absolute atomic E-state index is 0.566. The van der Waals surface area contributed by atoms with E-state index in [0.29, 0.717) is 0 Å². The fraction of sp³-hybridized carbons (Fsp3) is 0.375. The van der Waals surface area contributed by atoms with Crippen molar-refractivity contribution in [1.29, 1.82) is 0 Å². The van der Waals surface area contributed by atoms with E-state index < -0.39 is 41.5 Å². The number of amides is 1. The lowest BCUT2D eigenvalue weighted by Crippen LogP contribution is -2.42. The number of carbonyl (C=O) groups excluding carboxylic acids is 1. The molecule has 1 aromatic rings. The molecule has 1 aromatic heterocycles. The third-order valence-corrected chi connectivity index (χ3v) is 1.90. The van der Waals surface area contributed by atoms with Gasteiger partial charge in [0.1, 0.15) is 5.56 Å². The lowest BCUT2D eigenvalue weighted by Gasteiger charge is -2.14. The highest BCUT2D eigenvalue weighted by atomic mass is 19.4. The minimum Gasteiger partial charge on any atom is -0.382 e. The quantitative estimate of drug-likeness (QED) is 0.545. The van der Waals surface area contributed by atoms with E-state index in [-0.39, 0.29) is 0 Å². The second kappa shape index (κ2) is 5.04. The number of rotatable bonds is 3. The van der Waals surface area contributed by atoms with E-state index in [1.54, 1.807) is 10.3 Å². The first-order valence-corrected chi connectivity index (χ1v) is 4.57. The van der Waals surface area contributed by atoms with Gasteiger partial charge in [-0.05, 0) is 0 Å². The molecule has 1 amide bonds. The van der Waals surface area contributed by atoms with Crippen LogP contribution in [-0.2, 0) is 0 Å². The normalized spacial score (nSPS) is 13.1. The molecule has 1 rings (SSSR count). The molecule has 0 fully saturated rings. The predicted molar refractivity (Wildman–Crippen MR) is 52.1 cm³/mol. The molecule has 1 unspecified atom stereocenters. The van der Waals surface area contributed by atoms with Crippen LogP contribution in [0.5, 0.6) is 0 Å². The third-order valence-electron chi connectivity index (χ3n) is 1.90. The summed E-state index contributed by atoms with van der Waals surface area (Å²) in [5, 5.41) is 10.3. The highest BCUT2D eigenvalue weighted by molar-refractivity contribution is 5.93. The van der Waals surface area contributed by atoms with E-state index >= 15 is 0 Å². The number of aromatic nitrogens is 2. The number of halogens is 3. The lowest BCUT2D eigenvalue weighted by molar-refractivity contribution is -0.201. The summed E-state index contributed by atoms with van der Waals surface area (Å²) >= 11 is 0. The van der Waals surface area contributed by atoms with Crippen molar-refractivity contribution in [1.82, 2.24) is 15.3 Å². The van der Waals surface area contributed by atoms with Crippen LogP contribution in [-0.4, -0.2) is 39.8 Å². The summed E-state index contributed by atoms with van der Waals surface area (Å²) < 4.78 is 35.8. The number of hydrogen-bond acceptors (Lipinski definition) is 4. The number of carbonyl (C=O) groups is 1. The number of hydrogen-bond donors (Lipinski definition) is 4. The van der Waals surface area contributed by atoms with E-state index in [9.17, 15) is 27.6 Å². The maximum Gasteiger partial charge on any atom is 0.416 e. The Balaban J connectivity index is 2.73. The molecule has 0 aromatic carbocycles. The molecule has 100 valence electrons. The molecule has 0 aliphatic heterocycles. The molecule has 0 aliphatic rings. The average molecular weight is 267 g/mol. The Hall–Kier alpha value is -2.10. The summed E-state index contributed by atoms with van der Waals surface area (Å²) in [6.07, 6.45) is -6.84. The van der Waals surface area contributed by atoms with Crippen molar-refractivity contribution >= 4 is 5.91 Å². The largest absolute Gasteiger partial charge is 0.416 e. The molecule has 0 radical (unpaired) electrons. The van der Waals surface area contributed by atoms with Crippen LogP contribution < -0.4 is 16.6 Å². The van der Waals surface area contributed by atoms with Gasteiger partial charge in [-0.2, -0.15) is 13.2 Å². The summed E-state index contributed by atoms with van der Waals surface area (Å²) in [4.78, 5) is 36.7. The van der Waals surface area contributed by atoms with Gasteiger partial charge in [0.15, 0.2) is 6.10 Å². The van der Waals surface area contributed by atoms with Crippen molar-refractivity contribution in [2.45, 2.75) is 12.3 Å². The second-order valence-corrected chi connectivity index (χ2v) is 3.25. The highest BCUT2D eigenvalue weighted by Gasteiger charge is 2.38. The van der Waals surface area contributed by atoms with Crippen molar-refractivity contribution in [2.75, 3.05) is 6.54 Å². The molecule has 0 saturated heterocycles. The van der Waals surface area contributed by atoms with E-state index in [1.165, 1.54) is 0 Å². The van der Waals surface area contributed by atoms with Gasteiger partial charge in [0.2, 0.25) is 0 Å². The van der Waals surface area contributed by atoms with Gasteiger partial charge in [-0.15, -0.1) is 0 Å². The van der Waals surface area contributed by atoms with Gasteiger partial charge in [0, 0.05) is 6.20 Å². The first kappa shape index (κ1) is 14.0. The van der Waals surface area contributed by atoms with Crippen LogP contribution in [0.4, 0.5) is 13.2 Å². The smallest absolute Gasteiger partial charge is 0.382 e. The molecule has 0 aliphatic carbocycles. The van der Waals surface area contributed by atoms with E-state index in [0.717, 1.165) is 6.20 Å². The van der Waals surface area contributed by atoms with Gasteiger partial charge >= 0.3 is 11.9 Å².